The number of hydrogen-bond donors (Lipinski definition) is 0. The molecule has 0 heterocycles. The molecule has 4 nitrogen and oxygen atoms in total. The largest absolute Gasteiger partial charge is 0.466 e. The van der Waals surface area contributed by atoms with Crippen LogP contribution in [0.1, 0.15) is 44.6 Å². The van der Waals surface area contributed by atoms with E-state index in [0.717, 1.165) is 24.8 Å². The van der Waals surface area contributed by atoms with E-state index in [0.29, 0.717) is 12.3 Å². The molecule has 0 fully saturated rings. The van der Waals surface area contributed by atoms with Gasteiger partial charge in [0.1, 0.15) is 5.69 Å². The summed E-state index contributed by atoms with van der Waals surface area (Å²) in [5.74, 6) is -0.441. The number of nitrogens with zero attached hydrogens (tertiary/aromatic N) is 1. The average Bonchev–Trinajstić information content (AvgIpc) is 2.40. The van der Waals surface area contributed by atoms with Crippen molar-refractivity contribution in [3.05, 3.63) is 34.7 Å². The van der Waals surface area contributed by atoms with Crippen molar-refractivity contribution >= 4 is 11.7 Å². The standard InChI is InChI=1S/C14H19NO3/c1-3-5-6-13(14(16)18-4-2)11-7-9-12(15-17)10-8-11/h7-10,13H,3-6H2,1-2H3. The number of ether oxygens (including phenoxy) is 1. The average molecular weight is 249 g/mol. The van der Waals surface area contributed by atoms with E-state index in [2.05, 4.69) is 12.1 Å². The highest BCUT2D eigenvalue weighted by atomic mass is 16.5. The fourth-order valence-electron chi connectivity index (χ4n) is 1.84. The second-order valence-electron chi connectivity index (χ2n) is 4.13. The predicted octanol–water partition coefficient (Wildman–Crippen LogP) is 3.92. The lowest BCUT2D eigenvalue weighted by atomic mass is 9.93. The molecule has 0 aromatic heterocycles. The van der Waals surface area contributed by atoms with Crippen LogP contribution in [-0.4, -0.2) is 12.6 Å². The molecular weight excluding hydrogens is 230 g/mol. The van der Waals surface area contributed by atoms with Crippen LogP contribution in [0, 0.1) is 4.91 Å². The van der Waals surface area contributed by atoms with Crippen LogP contribution in [0.25, 0.3) is 0 Å². The summed E-state index contributed by atoms with van der Waals surface area (Å²) in [6, 6.07) is 6.79. The minimum atomic E-state index is -0.245. The van der Waals surface area contributed by atoms with Gasteiger partial charge in [0.2, 0.25) is 0 Å². The van der Waals surface area contributed by atoms with Gasteiger partial charge < -0.3 is 4.74 Å². The van der Waals surface area contributed by atoms with Gasteiger partial charge in [-0.3, -0.25) is 4.79 Å². The third-order valence-electron chi connectivity index (χ3n) is 2.82. The highest BCUT2D eigenvalue weighted by molar-refractivity contribution is 5.78. The number of rotatable bonds is 7. The summed E-state index contributed by atoms with van der Waals surface area (Å²) in [4.78, 5) is 22.3. The smallest absolute Gasteiger partial charge is 0.313 e. The summed E-state index contributed by atoms with van der Waals surface area (Å²) >= 11 is 0. The molecule has 1 rings (SSSR count). The quantitative estimate of drug-likeness (QED) is 0.543. The Labute approximate surface area is 107 Å². The third kappa shape index (κ3) is 3.95. The molecule has 1 aromatic carbocycles. The Hall–Kier alpha value is -1.71. The minimum absolute atomic E-state index is 0.197. The summed E-state index contributed by atoms with van der Waals surface area (Å²) in [5.41, 5.74) is 1.26. The lowest BCUT2D eigenvalue weighted by Gasteiger charge is -2.15. The number of hydrogen-bond acceptors (Lipinski definition) is 4. The van der Waals surface area contributed by atoms with Gasteiger partial charge in [0, 0.05) is 0 Å². The first-order valence-electron chi connectivity index (χ1n) is 6.32. The molecule has 98 valence electrons. The molecule has 0 amide bonds. The second-order valence-corrected chi connectivity index (χ2v) is 4.13. The van der Waals surface area contributed by atoms with E-state index >= 15 is 0 Å². The predicted molar refractivity (Wildman–Crippen MR) is 70.8 cm³/mol. The number of carbonyl (C=O) groups excluding carboxylic acids is 1. The van der Waals surface area contributed by atoms with Crippen molar-refractivity contribution in [2.45, 2.75) is 39.0 Å². The SMILES string of the molecule is CCCCC(C(=O)OCC)c1ccc(N=O)cc1. The van der Waals surface area contributed by atoms with E-state index in [4.69, 9.17) is 4.74 Å². The van der Waals surface area contributed by atoms with Crippen LogP contribution in [-0.2, 0) is 9.53 Å². The summed E-state index contributed by atoms with van der Waals surface area (Å²) in [5, 5.41) is 2.85. The van der Waals surface area contributed by atoms with Crippen LogP contribution in [0.5, 0.6) is 0 Å². The van der Waals surface area contributed by atoms with E-state index in [-0.39, 0.29) is 11.9 Å². The Balaban J connectivity index is 2.85. The number of nitroso groups, excluding NO2 is 1. The molecule has 1 aromatic rings. The first kappa shape index (κ1) is 14.4. The van der Waals surface area contributed by atoms with Crippen molar-refractivity contribution in [2.24, 2.45) is 5.18 Å². The molecule has 0 N–H and O–H groups in total. The van der Waals surface area contributed by atoms with Gasteiger partial charge in [0.05, 0.1) is 12.5 Å². The number of unbranched alkanes of at least 4 members (excludes halogenated alkanes) is 1. The molecular formula is C14H19NO3. The Morgan fingerprint density at radius 2 is 1.94 bits per heavy atom. The van der Waals surface area contributed by atoms with Gasteiger partial charge in [-0.1, -0.05) is 31.9 Å². The van der Waals surface area contributed by atoms with Crippen LogP contribution in [0.3, 0.4) is 0 Å². The molecule has 0 aliphatic heterocycles. The van der Waals surface area contributed by atoms with E-state index in [1.165, 1.54) is 0 Å². The Kier molecular flexibility index (Phi) is 6.05. The van der Waals surface area contributed by atoms with Gasteiger partial charge in [0.25, 0.3) is 0 Å². The maximum Gasteiger partial charge on any atom is 0.313 e. The highest BCUT2D eigenvalue weighted by Gasteiger charge is 2.21. The molecule has 0 saturated carbocycles. The fourth-order valence-corrected chi connectivity index (χ4v) is 1.84. The monoisotopic (exact) mass is 249 g/mol. The fraction of sp³-hybridized carbons (Fsp3) is 0.500. The summed E-state index contributed by atoms with van der Waals surface area (Å²) in [7, 11) is 0. The van der Waals surface area contributed by atoms with Crippen molar-refractivity contribution in [2.75, 3.05) is 6.61 Å². The summed E-state index contributed by atoms with van der Waals surface area (Å²) in [6.07, 6.45) is 2.77. The van der Waals surface area contributed by atoms with Gasteiger partial charge in [-0.2, -0.15) is 0 Å². The number of carbonyl (C=O) groups is 1. The van der Waals surface area contributed by atoms with E-state index in [9.17, 15) is 9.70 Å². The first-order chi connectivity index (χ1) is 8.72. The summed E-state index contributed by atoms with van der Waals surface area (Å²) < 4.78 is 5.09. The zero-order chi connectivity index (χ0) is 13.4. The Morgan fingerprint density at radius 1 is 1.28 bits per heavy atom. The second kappa shape index (κ2) is 7.58. The topological polar surface area (TPSA) is 55.7 Å². The van der Waals surface area contributed by atoms with Crippen molar-refractivity contribution in [3.8, 4) is 0 Å². The Bertz CT molecular complexity index is 387. The number of esters is 1. The van der Waals surface area contributed by atoms with Crippen molar-refractivity contribution in [3.63, 3.8) is 0 Å². The number of benzene rings is 1. The van der Waals surface area contributed by atoms with Crippen LogP contribution >= 0.6 is 0 Å². The Morgan fingerprint density at radius 3 is 2.44 bits per heavy atom. The van der Waals surface area contributed by atoms with Gasteiger partial charge in [-0.05, 0) is 36.2 Å². The third-order valence-corrected chi connectivity index (χ3v) is 2.82. The molecule has 0 saturated heterocycles. The van der Waals surface area contributed by atoms with Crippen LogP contribution in [0.15, 0.2) is 29.4 Å². The molecule has 0 radical (unpaired) electrons. The van der Waals surface area contributed by atoms with E-state index in [1.54, 1.807) is 31.2 Å². The van der Waals surface area contributed by atoms with Crippen molar-refractivity contribution in [1.82, 2.24) is 0 Å². The summed E-state index contributed by atoms with van der Waals surface area (Å²) in [6.45, 7) is 4.27. The molecule has 4 heteroatoms. The normalized spacial score (nSPS) is 11.9. The minimum Gasteiger partial charge on any atom is -0.466 e. The van der Waals surface area contributed by atoms with Gasteiger partial charge in [-0.15, -0.1) is 4.91 Å². The van der Waals surface area contributed by atoms with E-state index < -0.39 is 0 Å². The molecule has 18 heavy (non-hydrogen) atoms. The van der Waals surface area contributed by atoms with Crippen molar-refractivity contribution < 1.29 is 9.53 Å². The molecule has 0 aliphatic carbocycles. The van der Waals surface area contributed by atoms with Gasteiger partial charge >= 0.3 is 5.97 Å². The maximum absolute atomic E-state index is 11.9. The van der Waals surface area contributed by atoms with Crippen LogP contribution in [0.2, 0.25) is 0 Å². The van der Waals surface area contributed by atoms with Gasteiger partial charge in [-0.25, -0.2) is 0 Å². The lowest BCUT2D eigenvalue weighted by Crippen LogP contribution is -2.16. The zero-order valence-electron chi connectivity index (χ0n) is 10.9. The highest BCUT2D eigenvalue weighted by Crippen LogP contribution is 2.25. The molecule has 0 aliphatic rings. The first-order valence-corrected chi connectivity index (χ1v) is 6.32. The lowest BCUT2D eigenvalue weighted by molar-refractivity contribution is -0.145. The molecule has 0 spiro atoms. The van der Waals surface area contributed by atoms with E-state index in [1.807, 2.05) is 0 Å². The van der Waals surface area contributed by atoms with Crippen LogP contribution in [0.4, 0.5) is 5.69 Å². The molecule has 1 atom stereocenters. The van der Waals surface area contributed by atoms with Crippen molar-refractivity contribution in [1.29, 1.82) is 0 Å². The van der Waals surface area contributed by atoms with Crippen LogP contribution < -0.4 is 0 Å². The molecule has 1 unspecified atom stereocenters. The molecule has 0 bridgehead atoms. The van der Waals surface area contributed by atoms with Gasteiger partial charge in [0.15, 0.2) is 0 Å². The maximum atomic E-state index is 11.9. The zero-order valence-corrected chi connectivity index (χ0v) is 10.9.